The van der Waals surface area contributed by atoms with Crippen molar-refractivity contribution < 1.29 is 73.3 Å². The van der Waals surface area contributed by atoms with Crippen molar-refractivity contribution in [1.29, 1.82) is 0 Å². The molecule has 6 fully saturated rings. The summed E-state index contributed by atoms with van der Waals surface area (Å²) in [5.41, 5.74) is 19.0. The maximum absolute atomic E-state index is 13.8. The van der Waals surface area contributed by atoms with Gasteiger partial charge in [-0.1, -0.05) is 149 Å². The third kappa shape index (κ3) is 18.3. The van der Waals surface area contributed by atoms with Gasteiger partial charge in [0.2, 0.25) is 30.1 Å². The van der Waals surface area contributed by atoms with Crippen molar-refractivity contribution in [2.75, 3.05) is 97.7 Å². The number of benzene rings is 6. The largest absolute Gasteiger partial charge is 0.478 e. The lowest BCUT2D eigenvalue weighted by Gasteiger charge is -2.28. The Kier molecular flexibility index (Phi) is 24.8. The van der Waals surface area contributed by atoms with Gasteiger partial charge < -0.3 is 47.7 Å². The van der Waals surface area contributed by atoms with Crippen LogP contribution in [0.25, 0.3) is 84.7 Å². The highest BCUT2D eigenvalue weighted by atomic mass is 32.2. The molecule has 0 bridgehead atoms. The van der Waals surface area contributed by atoms with Gasteiger partial charge in [-0.25, -0.2) is 44.6 Å². The molecule has 6 aliphatic heterocycles. The van der Waals surface area contributed by atoms with E-state index in [1.807, 2.05) is 81.5 Å². The first kappa shape index (κ1) is 82.8. The molecule has 0 spiro atoms. The lowest BCUT2D eigenvalue weighted by molar-refractivity contribution is -0.131. The van der Waals surface area contributed by atoms with Crippen LogP contribution in [0.1, 0.15) is 179 Å². The number of carbonyl (C=O) groups excluding carboxylic acids is 5. The highest BCUT2D eigenvalue weighted by molar-refractivity contribution is 7.89. The molecule has 3 aliphatic carbocycles. The van der Waals surface area contributed by atoms with E-state index in [1.165, 1.54) is 74.5 Å². The van der Waals surface area contributed by atoms with Gasteiger partial charge in [0.25, 0.3) is 29.5 Å². The Morgan fingerprint density at radius 3 is 0.915 bits per heavy atom. The molecule has 5 N–H and O–H groups in total. The van der Waals surface area contributed by atoms with Gasteiger partial charge in [0.15, 0.2) is 0 Å². The van der Waals surface area contributed by atoms with Crippen molar-refractivity contribution in [3.8, 4) is 33.8 Å². The molecule has 9 aromatic rings. The summed E-state index contributed by atoms with van der Waals surface area (Å²) in [4.78, 5) is 84.3. The van der Waals surface area contributed by atoms with Crippen LogP contribution in [0.15, 0.2) is 144 Å². The number of carboxylic acid groups (broad SMARTS) is 1. The number of morpholine rings is 3. The Labute approximate surface area is 688 Å². The number of nitrogens with two attached hydrogens (primary N) is 1. The molecule has 3 saturated heterocycles. The summed E-state index contributed by atoms with van der Waals surface area (Å²) in [5.74, 6) is -1.06. The lowest BCUT2D eigenvalue weighted by atomic mass is 9.81. The summed E-state index contributed by atoms with van der Waals surface area (Å²) < 4.78 is 93.1. The standard InChI is InChI=1S/2C30H33N3O5S.C29H30N2O4.CH5NO2S/c2*1-39(36,37)31-29(34)22-11-12-25-26(18-22)33-19-23(30(35)32-13-15-38-16-14-32)17-21-9-5-6-10-24(21)28(33)27(25)20-7-3-2-4-8-20;32-28(30-12-14-35-15-13-30)22-16-20-8-4-5-9-23(20)27-26(19-6-2-1-3-7-19)24-11-10-21(29(33)34)17-25(24)31(27)18-22;1-5(2,3)4/h2*5-6,9-12,17-18,20H,2-4,7-8,13-16,19H2,1H3,(H,31,34);4-5,8-11,16-17,19H,1-3,6-7,12-15,18H2,(H,33,34);1H3,(H2,2,3,4). The number of hydrogen-bond acceptors (Lipinski definition) is 15. The Hall–Kier alpha value is -10.3. The molecule has 5 amide bonds. The monoisotopic (exact) mass is 1660 g/mol. The average Bonchev–Trinajstić information content (AvgIpc) is 1.59. The first-order valence-corrected chi connectivity index (χ1v) is 46.7. The van der Waals surface area contributed by atoms with E-state index in [2.05, 4.69) is 70.7 Å². The zero-order valence-corrected chi connectivity index (χ0v) is 69.3. The van der Waals surface area contributed by atoms with Crippen LogP contribution in [0.5, 0.6) is 0 Å². The number of aromatic carboxylic acids is 1. The zero-order chi connectivity index (χ0) is 82.7. The van der Waals surface area contributed by atoms with E-state index >= 15 is 0 Å². The first-order chi connectivity index (χ1) is 56.7. The SMILES string of the molecule is CS(=O)(=O)NC(=O)c1ccc2c(C3CCCCC3)c3n(c2c1)CC(C(=O)N1CCOCC1)=Cc1ccccc1-3.CS(=O)(=O)NC(=O)c1ccc2c(C3CCCCC3)c3n(c2c1)CC(C(=O)N1CCOCC1)=Cc1ccccc1-3.CS(N)(=O)=O.O=C(O)c1ccc2c(C3CCCCC3)c3n(c2c1)CC(C(=O)N1CCOCC1)=Cc1ccccc1-3. The lowest BCUT2D eigenvalue weighted by Crippen LogP contribution is -2.41. The minimum atomic E-state index is -3.71. The predicted octanol–water partition coefficient (Wildman–Crippen LogP) is 12.8. The molecule has 9 heterocycles. The van der Waals surface area contributed by atoms with Crippen LogP contribution in [0, 0.1) is 0 Å². The van der Waals surface area contributed by atoms with E-state index in [4.69, 9.17) is 14.2 Å². The number of nitrogens with zero attached hydrogens (tertiary/aromatic N) is 6. The van der Waals surface area contributed by atoms with Gasteiger partial charge in [-0.2, -0.15) is 0 Å². The molecule has 3 saturated carbocycles. The molecule has 9 aliphatic rings. The fourth-order valence-corrected chi connectivity index (χ4v) is 19.7. The molecule has 0 radical (unpaired) electrons. The highest BCUT2D eigenvalue weighted by Gasteiger charge is 2.37. The van der Waals surface area contributed by atoms with Crippen molar-refractivity contribution in [2.24, 2.45) is 5.14 Å². The van der Waals surface area contributed by atoms with Crippen LogP contribution < -0.4 is 14.6 Å². The molecule has 6 aromatic carbocycles. The molecule has 0 atom stereocenters. The number of hydrogen-bond donors (Lipinski definition) is 4. The number of amides is 5. The first-order valence-electron chi connectivity index (χ1n) is 41.0. The average molecular weight is 1660 g/mol. The summed E-state index contributed by atoms with van der Waals surface area (Å²) >= 11 is 0. The number of nitrogens with one attached hydrogen (secondary N) is 2. The molecule has 3 aromatic heterocycles. The van der Waals surface area contributed by atoms with Crippen LogP contribution in [-0.4, -0.2) is 192 Å². The van der Waals surface area contributed by atoms with Gasteiger partial charge >= 0.3 is 5.97 Å². The van der Waals surface area contributed by atoms with Gasteiger partial charge in [-0.3, -0.25) is 24.0 Å². The summed E-state index contributed by atoms with van der Waals surface area (Å²) in [7, 11) is -10.6. The van der Waals surface area contributed by atoms with Crippen LogP contribution in [0.4, 0.5) is 0 Å². The fraction of sp³-hybridized carbons (Fsp3) is 0.400. The number of fused-ring (bicyclic) bond motifs is 15. The van der Waals surface area contributed by atoms with Crippen LogP contribution >= 0.6 is 0 Å². The molecule has 28 heteroatoms. The maximum atomic E-state index is 13.8. The van der Waals surface area contributed by atoms with E-state index in [9.17, 15) is 59.1 Å². The number of sulfonamides is 3. The zero-order valence-electron chi connectivity index (χ0n) is 66.9. The van der Waals surface area contributed by atoms with Crippen molar-refractivity contribution in [3.63, 3.8) is 0 Å². The van der Waals surface area contributed by atoms with E-state index in [1.54, 1.807) is 36.4 Å². The van der Waals surface area contributed by atoms with E-state index in [0.29, 0.717) is 127 Å². The number of carboxylic acids is 1. The van der Waals surface area contributed by atoms with Crippen molar-refractivity contribution >= 4 is 117 Å². The Balaban J connectivity index is 0.000000135. The number of rotatable bonds is 11. The van der Waals surface area contributed by atoms with Crippen molar-refractivity contribution in [3.05, 3.63) is 194 Å². The summed E-state index contributed by atoms with van der Waals surface area (Å²) in [6.07, 6.45) is 26.5. The summed E-state index contributed by atoms with van der Waals surface area (Å²) in [6.45, 7) is 7.77. The van der Waals surface area contributed by atoms with E-state index in [0.717, 1.165) is 146 Å². The third-order valence-electron chi connectivity index (χ3n) is 24.0. The molecule has 118 heavy (non-hydrogen) atoms. The third-order valence-corrected chi connectivity index (χ3v) is 25.1. The smallest absolute Gasteiger partial charge is 0.335 e. The van der Waals surface area contributed by atoms with Crippen molar-refractivity contribution in [2.45, 2.75) is 134 Å². The van der Waals surface area contributed by atoms with Crippen molar-refractivity contribution in [1.82, 2.24) is 37.8 Å². The van der Waals surface area contributed by atoms with E-state index in [-0.39, 0.29) is 34.4 Å². The normalized spacial score (nSPS) is 18.0. The second-order valence-corrected chi connectivity index (χ2v) is 37.4. The fourth-order valence-electron chi connectivity index (χ4n) is 18.8. The van der Waals surface area contributed by atoms with Gasteiger partial charge in [0.05, 0.1) is 101 Å². The molecule has 620 valence electrons. The Bertz CT molecular complexity index is 5650. The van der Waals surface area contributed by atoms with Gasteiger partial charge in [0, 0.05) is 117 Å². The number of primary sulfonamides is 1. The second-order valence-electron chi connectivity index (χ2n) is 32.3. The second kappa shape index (κ2) is 35.3. The summed E-state index contributed by atoms with van der Waals surface area (Å²) in [5, 5.41) is 17.3. The number of ether oxygens (including phenoxy) is 3. The van der Waals surface area contributed by atoms with E-state index < -0.39 is 47.9 Å². The predicted molar refractivity (Wildman–Crippen MR) is 456 cm³/mol. The Morgan fingerprint density at radius 1 is 0.381 bits per heavy atom. The van der Waals surface area contributed by atoms with Crippen LogP contribution in [-0.2, 0) is 78.3 Å². The molecule has 18 rings (SSSR count). The highest BCUT2D eigenvalue weighted by Crippen LogP contribution is 2.51. The maximum Gasteiger partial charge on any atom is 0.335 e. The van der Waals surface area contributed by atoms with Gasteiger partial charge in [0.1, 0.15) is 0 Å². The van der Waals surface area contributed by atoms with Crippen LogP contribution in [0.3, 0.4) is 0 Å². The van der Waals surface area contributed by atoms with Gasteiger partial charge in [-0.05, 0) is 144 Å². The van der Waals surface area contributed by atoms with Gasteiger partial charge in [-0.15, -0.1) is 0 Å². The molecular formula is C90H101N9O16S3. The van der Waals surface area contributed by atoms with Crippen LogP contribution in [0.2, 0.25) is 0 Å². The number of aromatic nitrogens is 3. The number of carbonyl (C=O) groups is 6. The topological polar surface area (TPSA) is 327 Å². The molecule has 25 nitrogen and oxygen atoms in total. The minimum absolute atomic E-state index is 0.00649. The minimum Gasteiger partial charge on any atom is -0.478 e. The summed E-state index contributed by atoms with van der Waals surface area (Å²) in [6, 6.07) is 41.1. The molecular weight excluding hydrogens is 1560 g/mol. The Morgan fingerprint density at radius 2 is 0.644 bits per heavy atom. The quantitative estimate of drug-likeness (QED) is 0.0935. The molecule has 0 unspecified atom stereocenters.